The first kappa shape index (κ1) is 14.2. The number of nitrogens with zero attached hydrogens (tertiary/aromatic N) is 1. The van der Waals surface area contributed by atoms with Crippen LogP contribution in [-0.2, 0) is 9.59 Å². The van der Waals surface area contributed by atoms with E-state index in [0.29, 0.717) is 12.8 Å². The Hall–Kier alpha value is -1.84. The monoisotopic (exact) mass is 249 g/mol. The number of benzene rings is 1. The molecule has 0 aromatic heterocycles. The molecule has 1 atom stereocenters. The van der Waals surface area contributed by atoms with Gasteiger partial charge < -0.3 is 10.0 Å². The summed E-state index contributed by atoms with van der Waals surface area (Å²) < 4.78 is 0. The van der Waals surface area contributed by atoms with Gasteiger partial charge in [0, 0.05) is 25.1 Å². The van der Waals surface area contributed by atoms with Crippen LogP contribution in [0.25, 0.3) is 0 Å². The summed E-state index contributed by atoms with van der Waals surface area (Å²) in [7, 11) is 1.72. The molecular weight excluding hydrogens is 230 g/mol. The maximum atomic E-state index is 12.2. The van der Waals surface area contributed by atoms with Gasteiger partial charge in [0.15, 0.2) is 0 Å². The molecule has 1 aromatic carbocycles. The van der Waals surface area contributed by atoms with Crippen molar-refractivity contribution in [2.45, 2.75) is 26.2 Å². The topological polar surface area (TPSA) is 57.6 Å². The molecule has 1 N–H and O–H groups in total. The highest BCUT2D eigenvalue weighted by molar-refractivity contribution is 5.94. The molecule has 0 saturated heterocycles. The van der Waals surface area contributed by atoms with Gasteiger partial charge in [-0.1, -0.05) is 25.1 Å². The summed E-state index contributed by atoms with van der Waals surface area (Å²) in [4.78, 5) is 24.4. The molecule has 0 aliphatic rings. The molecule has 18 heavy (non-hydrogen) atoms. The normalized spacial score (nSPS) is 11.9. The van der Waals surface area contributed by atoms with Crippen LogP contribution < -0.4 is 4.90 Å². The van der Waals surface area contributed by atoms with Crippen LogP contribution in [0.1, 0.15) is 26.2 Å². The third-order valence-corrected chi connectivity index (χ3v) is 3.02. The van der Waals surface area contributed by atoms with E-state index in [0.717, 1.165) is 5.69 Å². The number of carboxylic acids is 1. The zero-order valence-corrected chi connectivity index (χ0v) is 10.8. The molecule has 1 rings (SSSR count). The largest absolute Gasteiger partial charge is 0.481 e. The Morgan fingerprint density at radius 1 is 1.28 bits per heavy atom. The average Bonchev–Trinajstić information content (AvgIpc) is 2.39. The third-order valence-electron chi connectivity index (χ3n) is 3.02. The average molecular weight is 249 g/mol. The fraction of sp³-hybridized carbons (Fsp3) is 0.429. The van der Waals surface area contributed by atoms with E-state index in [-0.39, 0.29) is 18.2 Å². The number of amides is 1. The molecule has 4 heteroatoms. The van der Waals surface area contributed by atoms with E-state index in [1.807, 2.05) is 37.3 Å². The van der Waals surface area contributed by atoms with Gasteiger partial charge in [-0.25, -0.2) is 0 Å². The first-order chi connectivity index (χ1) is 8.56. The van der Waals surface area contributed by atoms with Gasteiger partial charge in [0.1, 0.15) is 0 Å². The number of anilines is 1. The summed E-state index contributed by atoms with van der Waals surface area (Å²) in [5, 5.41) is 8.67. The highest BCUT2D eigenvalue weighted by atomic mass is 16.4. The molecule has 0 radical (unpaired) electrons. The maximum Gasteiger partial charge on any atom is 0.303 e. The molecule has 0 fully saturated rings. The zero-order chi connectivity index (χ0) is 13.5. The van der Waals surface area contributed by atoms with E-state index in [9.17, 15) is 9.59 Å². The first-order valence-electron chi connectivity index (χ1n) is 6.10. The number of carbonyl (C=O) groups is 2. The molecule has 1 aromatic rings. The second kappa shape index (κ2) is 6.79. The van der Waals surface area contributed by atoms with Crippen molar-refractivity contribution >= 4 is 17.6 Å². The molecule has 0 aliphatic carbocycles. The number of aliphatic carboxylic acids is 1. The molecule has 0 spiro atoms. The van der Waals surface area contributed by atoms with Gasteiger partial charge >= 0.3 is 5.97 Å². The molecule has 4 nitrogen and oxygen atoms in total. The Morgan fingerprint density at radius 3 is 2.39 bits per heavy atom. The smallest absolute Gasteiger partial charge is 0.303 e. The Kier molecular flexibility index (Phi) is 5.36. The lowest BCUT2D eigenvalue weighted by atomic mass is 9.98. The first-order valence-corrected chi connectivity index (χ1v) is 6.10. The maximum absolute atomic E-state index is 12.2. The van der Waals surface area contributed by atoms with Crippen molar-refractivity contribution in [2.24, 2.45) is 5.92 Å². The lowest BCUT2D eigenvalue weighted by Gasteiger charge is -2.22. The summed E-state index contributed by atoms with van der Waals surface area (Å²) >= 11 is 0. The molecule has 0 saturated carbocycles. The van der Waals surface area contributed by atoms with Gasteiger partial charge in [-0.05, 0) is 25.0 Å². The Labute approximate surface area is 107 Å². The van der Waals surface area contributed by atoms with Crippen molar-refractivity contribution in [3.63, 3.8) is 0 Å². The number of para-hydroxylation sites is 1. The molecule has 0 heterocycles. The van der Waals surface area contributed by atoms with E-state index >= 15 is 0 Å². The van der Waals surface area contributed by atoms with E-state index in [4.69, 9.17) is 5.11 Å². The Bertz CT molecular complexity index is 403. The van der Waals surface area contributed by atoms with Crippen LogP contribution >= 0.6 is 0 Å². The van der Waals surface area contributed by atoms with Crippen LogP contribution in [0.4, 0.5) is 5.69 Å². The van der Waals surface area contributed by atoms with Crippen LogP contribution in [-0.4, -0.2) is 24.0 Å². The molecular formula is C14H19NO3. The highest BCUT2D eigenvalue weighted by Gasteiger charge is 2.21. The van der Waals surface area contributed by atoms with Crippen molar-refractivity contribution < 1.29 is 14.7 Å². The lowest BCUT2D eigenvalue weighted by molar-refractivity contribution is -0.137. The third kappa shape index (κ3) is 3.87. The summed E-state index contributed by atoms with van der Waals surface area (Å²) in [5.74, 6) is -1.11. The molecule has 0 aliphatic heterocycles. The van der Waals surface area contributed by atoms with Crippen molar-refractivity contribution in [3.05, 3.63) is 30.3 Å². The molecule has 1 unspecified atom stereocenters. The fourth-order valence-corrected chi connectivity index (χ4v) is 1.85. The van der Waals surface area contributed by atoms with Crippen LogP contribution in [0.3, 0.4) is 0 Å². The van der Waals surface area contributed by atoms with Crippen molar-refractivity contribution in [1.82, 2.24) is 0 Å². The zero-order valence-electron chi connectivity index (χ0n) is 10.8. The van der Waals surface area contributed by atoms with E-state index in [2.05, 4.69) is 0 Å². The molecule has 0 bridgehead atoms. The SMILES string of the molecule is CCC(CCC(=O)O)C(=O)N(C)c1ccccc1. The summed E-state index contributed by atoms with van der Waals surface area (Å²) in [6.07, 6.45) is 1.08. The van der Waals surface area contributed by atoms with E-state index < -0.39 is 5.97 Å². The molecule has 98 valence electrons. The van der Waals surface area contributed by atoms with Crippen molar-refractivity contribution in [1.29, 1.82) is 0 Å². The Balaban J connectivity index is 2.69. The van der Waals surface area contributed by atoms with Crippen LogP contribution in [0, 0.1) is 5.92 Å². The van der Waals surface area contributed by atoms with Crippen molar-refractivity contribution in [3.8, 4) is 0 Å². The minimum atomic E-state index is -0.858. The second-order valence-corrected chi connectivity index (χ2v) is 4.27. The predicted octanol–water partition coefficient (Wildman–Crippen LogP) is 2.54. The number of hydrogen-bond donors (Lipinski definition) is 1. The van der Waals surface area contributed by atoms with Crippen LogP contribution in [0.5, 0.6) is 0 Å². The number of rotatable bonds is 6. The van der Waals surface area contributed by atoms with Gasteiger partial charge in [0.25, 0.3) is 0 Å². The van der Waals surface area contributed by atoms with E-state index in [1.165, 1.54) is 0 Å². The standard InChI is InChI=1S/C14H19NO3/c1-3-11(9-10-13(16)17)14(18)15(2)12-7-5-4-6-8-12/h4-8,11H,3,9-10H2,1-2H3,(H,16,17). The van der Waals surface area contributed by atoms with Gasteiger partial charge in [-0.3, -0.25) is 9.59 Å². The second-order valence-electron chi connectivity index (χ2n) is 4.27. The summed E-state index contributed by atoms with van der Waals surface area (Å²) in [6.45, 7) is 1.91. The van der Waals surface area contributed by atoms with Gasteiger partial charge in [-0.15, -0.1) is 0 Å². The Morgan fingerprint density at radius 2 is 1.89 bits per heavy atom. The number of carboxylic acid groups (broad SMARTS) is 1. The van der Waals surface area contributed by atoms with Gasteiger partial charge in [-0.2, -0.15) is 0 Å². The number of hydrogen-bond acceptors (Lipinski definition) is 2. The number of carbonyl (C=O) groups excluding carboxylic acids is 1. The minimum Gasteiger partial charge on any atom is -0.481 e. The van der Waals surface area contributed by atoms with Crippen molar-refractivity contribution in [2.75, 3.05) is 11.9 Å². The van der Waals surface area contributed by atoms with E-state index in [1.54, 1.807) is 11.9 Å². The van der Waals surface area contributed by atoms with Crippen LogP contribution in [0.15, 0.2) is 30.3 Å². The minimum absolute atomic E-state index is 0.0232. The van der Waals surface area contributed by atoms with Gasteiger partial charge in [0.05, 0.1) is 0 Å². The van der Waals surface area contributed by atoms with Crippen LogP contribution in [0.2, 0.25) is 0 Å². The highest BCUT2D eigenvalue weighted by Crippen LogP contribution is 2.19. The lowest BCUT2D eigenvalue weighted by Crippen LogP contribution is -2.32. The summed E-state index contributed by atoms with van der Waals surface area (Å²) in [5.41, 5.74) is 0.830. The predicted molar refractivity (Wildman–Crippen MR) is 70.5 cm³/mol. The summed E-state index contributed by atoms with van der Waals surface area (Å²) in [6, 6.07) is 9.36. The quantitative estimate of drug-likeness (QED) is 0.842. The molecule has 1 amide bonds. The van der Waals surface area contributed by atoms with Gasteiger partial charge in [0.2, 0.25) is 5.91 Å². The fourth-order valence-electron chi connectivity index (χ4n) is 1.85.